The summed E-state index contributed by atoms with van der Waals surface area (Å²) in [7, 11) is 0. The molecule has 0 N–H and O–H groups in total. The average molecular weight is 406 g/mol. The Balaban J connectivity index is 1.66. The summed E-state index contributed by atoms with van der Waals surface area (Å²) in [5.74, 6) is -0.534. The molecule has 0 saturated heterocycles. The van der Waals surface area contributed by atoms with Gasteiger partial charge in [0.25, 0.3) is 5.56 Å². The molecule has 1 fully saturated rings. The lowest BCUT2D eigenvalue weighted by Gasteiger charge is -2.27. The standard InChI is InChI=1S/C22H18N2O4S/c25-19-11-16(10-15-6-3-5-13-4-1-2-7-17(13)15)20(14-8-9-14)22-24(19)18(12-28-29-22)21(26)23-27/h1-7,11,14,18H,8-10,12H2. The molecule has 5 rings (SSSR count). The van der Waals surface area contributed by atoms with Gasteiger partial charge in [-0.3, -0.25) is 14.2 Å². The lowest BCUT2D eigenvalue weighted by Crippen LogP contribution is -2.36. The van der Waals surface area contributed by atoms with Gasteiger partial charge in [-0.25, -0.2) is 0 Å². The number of fused-ring (bicyclic) bond motifs is 2. The Bertz CT molecular complexity index is 1190. The molecule has 29 heavy (non-hydrogen) atoms. The summed E-state index contributed by atoms with van der Waals surface area (Å²) >= 11 is 1.12. The minimum atomic E-state index is -0.986. The molecule has 0 radical (unpaired) electrons. The largest absolute Gasteiger partial charge is 0.311 e. The highest BCUT2D eigenvalue weighted by atomic mass is 32.2. The van der Waals surface area contributed by atoms with Crippen molar-refractivity contribution in [2.24, 2.45) is 5.18 Å². The molecule has 3 aromatic rings. The van der Waals surface area contributed by atoms with Crippen LogP contribution in [-0.2, 0) is 15.4 Å². The number of hydrogen-bond acceptors (Lipinski definition) is 5. The molecule has 1 aromatic heterocycles. The first-order chi connectivity index (χ1) is 14.2. The van der Waals surface area contributed by atoms with Crippen LogP contribution in [0.1, 0.15) is 41.5 Å². The maximum Gasteiger partial charge on any atom is 0.311 e. The highest BCUT2D eigenvalue weighted by Crippen LogP contribution is 2.47. The van der Waals surface area contributed by atoms with Gasteiger partial charge in [-0.05, 0) is 52.6 Å². The topological polar surface area (TPSA) is 77.7 Å². The van der Waals surface area contributed by atoms with Crippen LogP contribution >= 0.6 is 12.0 Å². The van der Waals surface area contributed by atoms with Crippen LogP contribution in [0.25, 0.3) is 10.8 Å². The summed E-state index contributed by atoms with van der Waals surface area (Å²) in [5.41, 5.74) is 2.88. The SMILES string of the molecule is O=NC(=O)C1COSc2c(C3CC3)c(Cc3cccc4ccccc34)cc(=O)n21. The van der Waals surface area contributed by atoms with Crippen LogP contribution in [0.3, 0.4) is 0 Å². The van der Waals surface area contributed by atoms with E-state index < -0.39 is 11.9 Å². The molecule has 7 heteroatoms. The quantitative estimate of drug-likeness (QED) is 0.476. The Labute approximate surface area is 171 Å². The third kappa shape index (κ3) is 3.20. The van der Waals surface area contributed by atoms with Crippen molar-refractivity contribution < 1.29 is 8.98 Å². The monoisotopic (exact) mass is 406 g/mol. The zero-order valence-electron chi connectivity index (χ0n) is 15.5. The van der Waals surface area contributed by atoms with Gasteiger partial charge in [-0.2, -0.15) is 0 Å². The zero-order chi connectivity index (χ0) is 20.0. The van der Waals surface area contributed by atoms with Crippen molar-refractivity contribution in [3.05, 3.63) is 80.5 Å². The van der Waals surface area contributed by atoms with E-state index in [0.29, 0.717) is 17.4 Å². The molecule has 1 aliphatic heterocycles. The van der Waals surface area contributed by atoms with E-state index >= 15 is 0 Å². The van der Waals surface area contributed by atoms with Crippen LogP contribution in [-0.4, -0.2) is 17.1 Å². The molecule has 1 atom stereocenters. The molecule has 2 aromatic carbocycles. The van der Waals surface area contributed by atoms with Crippen LogP contribution < -0.4 is 5.56 Å². The van der Waals surface area contributed by atoms with Crippen molar-refractivity contribution in [2.45, 2.75) is 36.2 Å². The Kier molecular flexibility index (Phi) is 4.56. The summed E-state index contributed by atoms with van der Waals surface area (Å²) in [6.45, 7) is -0.0328. The molecular weight excluding hydrogens is 388 g/mol. The van der Waals surface area contributed by atoms with E-state index in [1.165, 1.54) is 4.57 Å². The van der Waals surface area contributed by atoms with Gasteiger partial charge in [-0.15, -0.1) is 4.91 Å². The number of carbonyl (C=O) groups is 1. The predicted octanol–water partition coefficient (Wildman–Crippen LogP) is 4.34. The van der Waals surface area contributed by atoms with Crippen LogP contribution in [0, 0.1) is 4.91 Å². The van der Waals surface area contributed by atoms with E-state index in [0.717, 1.165) is 52.3 Å². The van der Waals surface area contributed by atoms with Gasteiger partial charge in [0, 0.05) is 23.3 Å². The maximum absolute atomic E-state index is 13.0. The number of nitrogens with zero attached hydrogens (tertiary/aromatic N) is 2. The molecule has 1 aliphatic carbocycles. The summed E-state index contributed by atoms with van der Waals surface area (Å²) in [6, 6.07) is 15.0. The number of nitroso groups, excluding NO2 is 1. The summed E-state index contributed by atoms with van der Waals surface area (Å²) in [5, 5.41) is 5.49. The number of amides is 1. The molecule has 1 amide bonds. The fourth-order valence-electron chi connectivity index (χ4n) is 4.12. The smallest absolute Gasteiger partial charge is 0.306 e. The minimum Gasteiger partial charge on any atom is -0.306 e. The first kappa shape index (κ1) is 18.3. The van der Waals surface area contributed by atoms with E-state index in [2.05, 4.69) is 29.4 Å². The van der Waals surface area contributed by atoms with Crippen molar-refractivity contribution in [1.29, 1.82) is 0 Å². The molecule has 2 aliphatic rings. The van der Waals surface area contributed by atoms with Gasteiger partial charge in [-0.1, -0.05) is 42.5 Å². The molecule has 2 heterocycles. The number of benzene rings is 2. The third-order valence-electron chi connectivity index (χ3n) is 5.63. The first-order valence-electron chi connectivity index (χ1n) is 9.59. The molecule has 1 saturated carbocycles. The van der Waals surface area contributed by atoms with Gasteiger partial charge in [0.15, 0.2) is 0 Å². The lowest BCUT2D eigenvalue weighted by molar-refractivity contribution is -0.122. The van der Waals surface area contributed by atoms with Gasteiger partial charge < -0.3 is 4.18 Å². The number of carbonyl (C=O) groups excluding carboxylic acids is 1. The first-order valence-corrected chi connectivity index (χ1v) is 10.3. The van der Waals surface area contributed by atoms with Crippen LogP contribution in [0.5, 0.6) is 0 Å². The van der Waals surface area contributed by atoms with Crippen molar-refractivity contribution in [3.63, 3.8) is 0 Å². The van der Waals surface area contributed by atoms with Crippen LogP contribution in [0.15, 0.2) is 63.5 Å². The summed E-state index contributed by atoms with van der Waals surface area (Å²) < 4.78 is 6.92. The Morgan fingerprint density at radius 1 is 1.14 bits per heavy atom. The number of aromatic nitrogens is 1. The maximum atomic E-state index is 13.0. The fraction of sp³-hybridized carbons (Fsp3) is 0.273. The van der Waals surface area contributed by atoms with Gasteiger partial charge in [0.1, 0.15) is 11.1 Å². The number of pyridine rings is 1. The molecule has 1 unspecified atom stereocenters. The molecule has 6 nitrogen and oxygen atoms in total. The predicted molar refractivity (Wildman–Crippen MR) is 111 cm³/mol. The molecule has 0 bridgehead atoms. The Hall–Kier alpha value is -2.77. The lowest BCUT2D eigenvalue weighted by atomic mass is 9.95. The number of hydrogen-bond donors (Lipinski definition) is 0. The van der Waals surface area contributed by atoms with Crippen molar-refractivity contribution in [3.8, 4) is 0 Å². The molecular formula is C22H18N2O4S. The van der Waals surface area contributed by atoms with Crippen LogP contribution in [0.2, 0.25) is 0 Å². The van der Waals surface area contributed by atoms with Crippen molar-refractivity contribution in [2.75, 3.05) is 6.61 Å². The van der Waals surface area contributed by atoms with E-state index in [4.69, 9.17) is 4.18 Å². The van der Waals surface area contributed by atoms with Crippen LogP contribution in [0.4, 0.5) is 0 Å². The van der Waals surface area contributed by atoms with Gasteiger partial charge >= 0.3 is 5.91 Å². The summed E-state index contributed by atoms with van der Waals surface area (Å²) in [6.07, 6.45) is 2.71. The highest BCUT2D eigenvalue weighted by Gasteiger charge is 2.37. The van der Waals surface area contributed by atoms with E-state index in [1.54, 1.807) is 6.07 Å². The van der Waals surface area contributed by atoms with E-state index in [-0.39, 0.29) is 12.2 Å². The second-order valence-corrected chi connectivity index (χ2v) is 8.29. The summed E-state index contributed by atoms with van der Waals surface area (Å²) in [4.78, 5) is 35.7. The minimum absolute atomic E-state index is 0.0328. The van der Waals surface area contributed by atoms with E-state index in [1.807, 2.05) is 18.2 Å². The second-order valence-electron chi connectivity index (χ2n) is 7.50. The molecule has 0 spiro atoms. The molecule has 146 valence electrons. The second kappa shape index (κ2) is 7.24. The van der Waals surface area contributed by atoms with E-state index in [9.17, 15) is 14.5 Å². The Morgan fingerprint density at radius 3 is 2.72 bits per heavy atom. The van der Waals surface area contributed by atoms with Crippen molar-refractivity contribution >= 4 is 28.7 Å². The van der Waals surface area contributed by atoms with Gasteiger partial charge in [0.2, 0.25) is 0 Å². The zero-order valence-corrected chi connectivity index (χ0v) is 16.4. The number of rotatable bonds is 4. The normalized spacial score (nSPS) is 18.4. The highest BCUT2D eigenvalue weighted by molar-refractivity contribution is 7.94. The van der Waals surface area contributed by atoms with Crippen molar-refractivity contribution in [1.82, 2.24) is 4.57 Å². The fourth-order valence-corrected chi connectivity index (χ4v) is 5.12. The third-order valence-corrected chi connectivity index (χ3v) is 6.46. The van der Waals surface area contributed by atoms with Gasteiger partial charge in [0.05, 0.1) is 6.61 Å². The average Bonchev–Trinajstić information content (AvgIpc) is 3.58. The Morgan fingerprint density at radius 2 is 1.93 bits per heavy atom.